The molecule has 0 bridgehead atoms. The number of rotatable bonds is 5. The summed E-state index contributed by atoms with van der Waals surface area (Å²) < 4.78 is 27.8. The first-order valence-electron chi connectivity index (χ1n) is 8.69. The highest BCUT2D eigenvalue weighted by Gasteiger charge is 2.30. The molecule has 1 fully saturated rings. The summed E-state index contributed by atoms with van der Waals surface area (Å²) in [6.45, 7) is 2.77. The third-order valence-electron chi connectivity index (χ3n) is 4.86. The van der Waals surface area contributed by atoms with Crippen LogP contribution in [0.3, 0.4) is 0 Å². The van der Waals surface area contributed by atoms with Crippen molar-refractivity contribution >= 4 is 21.3 Å². The monoisotopic (exact) mass is 386 g/mol. The van der Waals surface area contributed by atoms with Crippen molar-refractivity contribution in [3.05, 3.63) is 47.4 Å². The number of ether oxygens (including phenoxy) is 1. The summed E-state index contributed by atoms with van der Waals surface area (Å²) in [7, 11) is 1.13. The van der Waals surface area contributed by atoms with Gasteiger partial charge in [-0.05, 0) is 24.6 Å². The Bertz CT molecular complexity index is 1080. The highest BCUT2D eigenvalue weighted by Crippen LogP contribution is 2.26. The molecule has 1 unspecified atom stereocenters. The molecule has 3 aromatic rings. The van der Waals surface area contributed by atoms with E-state index in [2.05, 4.69) is 15.1 Å². The van der Waals surface area contributed by atoms with Gasteiger partial charge in [0.25, 0.3) is 5.78 Å². The maximum atomic E-state index is 12.7. The van der Waals surface area contributed by atoms with Crippen LogP contribution in [0.1, 0.15) is 16.8 Å². The Labute approximate surface area is 158 Å². The fourth-order valence-corrected chi connectivity index (χ4v) is 4.75. The van der Waals surface area contributed by atoms with E-state index in [4.69, 9.17) is 9.52 Å². The van der Waals surface area contributed by atoms with E-state index in [1.54, 1.807) is 16.6 Å². The van der Waals surface area contributed by atoms with Crippen LogP contribution >= 0.6 is 0 Å². The predicted octanol–water partition coefficient (Wildman–Crippen LogP) is 1.89. The van der Waals surface area contributed by atoms with E-state index in [0.29, 0.717) is 30.3 Å². The van der Waals surface area contributed by atoms with E-state index in [0.717, 1.165) is 22.6 Å². The molecule has 1 saturated heterocycles. The van der Waals surface area contributed by atoms with Crippen molar-refractivity contribution in [2.45, 2.75) is 23.5 Å². The normalized spacial score (nSPS) is 16.9. The number of hydrogen-bond donors (Lipinski definition) is 1. The average molecular weight is 386 g/mol. The van der Waals surface area contributed by atoms with Crippen molar-refractivity contribution in [3.63, 3.8) is 0 Å². The molecule has 2 aromatic heterocycles. The van der Waals surface area contributed by atoms with Crippen LogP contribution in [0.15, 0.2) is 35.5 Å². The molecule has 3 heterocycles. The summed E-state index contributed by atoms with van der Waals surface area (Å²) in [5.41, 5.74) is 3.02. The lowest BCUT2D eigenvalue weighted by molar-refractivity contribution is 0.0427. The number of hydrogen-bond acceptors (Lipinski definition) is 7. The molecule has 1 N–H and O–H groups in total. The summed E-state index contributed by atoms with van der Waals surface area (Å²) in [6, 6.07) is 7.48. The highest BCUT2D eigenvalue weighted by molar-refractivity contribution is 7.93. The van der Waals surface area contributed by atoms with Crippen LogP contribution in [-0.4, -0.2) is 56.3 Å². The van der Waals surface area contributed by atoms with Crippen molar-refractivity contribution in [2.24, 2.45) is 0 Å². The number of anilines is 1. The van der Waals surface area contributed by atoms with Crippen molar-refractivity contribution in [1.82, 2.24) is 19.6 Å². The minimum Gasteiger partial charge on any atom is -0.379 e. The van der Waals surface area contributed by atoms with Crippen LogP contribution in [0.2, 0.25) is 0 Å². The van der Waals surface area contributed by atoms with Crippen LogP contribution in [0.25, 0.3) is 5.78 Å². The van der Waals surface area contributed by atoms with Crippen molar-refractivity contribution in [1.29, 1.82) is 4.78 Å². The summed E-state index contributed by atoms with van der Waals surface area (Å²) in [5.74, 6) is 1.52. The molecule has 0 radical (unpaired) electrons. The van der Waals surface area contributed by atoms with Gasteiger partial charge in [-0.1, -0.05) is 12.1 Å². The summed E-state index contributed by atoms with van der Waals surface area (Å²) in [6.07, 6.45) is 2.16. The Kier molecular flexibility index (Phi) is 4.35. The average Bonchev–Trinajstić information content (AvgIpc) is 3.01. The quantitative estimate of drug-likeness (QED) is 0.719. The van der Waals surface area contributed by atoms with E-state index < -0.39 is 9.73 Å². The van der Waals surface area contributed by atoms with Crippen LogP contribution in [0.4, 0.5) is 5.82 Å². The molecule has 1 aromatic carbocycles. The molecule has 4 rings (SSSR count). The number of nitrogens with zero attached hydrogens (tertiary/aromatic N) is 5. The Morgan fingerprint density at radius 3 is 2.59 bits per heavy atom. The Morgan fingerprint density at radius 1 is 1.30 bits per heavy atom. The van der Waals surface area contributed by atoms with Gasteiger partial charge in [-0.3, -0.25) is 0 Å². The van der Waals surface area contributed by atoms with Gasteiger partial charge in [-0.2, -0.15) is 14.6 Å². The summed E-state index contributed by atoms with van der Waals surface area (Å²) >= 11 is 0. The highest BCUT2D eigenvalue weighted by atomic mass is 32.2. The van der Waals surface area contributed by atoms with Gasteiger partial charge in [0, 0.05) is 36.7 Å². The van der Waals surface area contributed by atoms with Crippen molar-refractivity contribution in [3.8, 4) is 0 Å². The molecule has 1 atom stereocenters. The van der Waals surface area contributed by atoms with Crippen LogP contribution in [0.5, 0.6) is 0 Å². The molecular formula is C18H22N6O2S. The largest absolute Gasteiger partial charge is 0.379 e. The molecule has 0 saturated carbocycles. The number of fused-ring (bicyclic) bond motifs is 1. The fourth-order valence-electron chi connectivity index (χ4n) is 3.25. The zero-order chi connectivity index (χ0) is 19.2. The standard InChI is InChI=1S/C18H22N6O2S/c1-12-16(17(23(2)3)24-18(22-12)20-11-21-24)8-13-4-6-14(7-5-13)27(19,25)15-9-26-10-15/h4-7,11,15,19H,8-10H2,1-3H3. The third-order valence-corrected chi connectivity index (χ3v) is 7.04. The second-order valence-electron chi connectivity index (χ2n) is 6.95. The van der Waals surface area contributed by atoms with E-state index >= 15 is 0 Å². The third kappa shape index (κ3) is 3.06. The second kappa shape index (κ2) is 6.58. The second-order valence-corrected chi connectivity index (χ2v) is 9.29. The zero-order valence-electron chi connectivity index (χ0n) is 15.5. The molecule has 27 heavy (non-hydrogen) atoms. The molecule has 0 amide bonds. The van der Waals surface area contributed by atoms with Crippen molar-refractivity contribution in [2.75, 3.05) is 32.2 Å². The number of benzene rings is 1. The topological polar surface area (TPSA) is 96.5 Å². The first-order chi connectivity index (χ1) is 12.9. The maximum absolute atomic E-state index is 12.7. The van der Waals surface area contributed by atoms with E-state index in [1.165, 1.54) is 6.33 Å². The Hall–Kier alpha value is -2.52. The van der Waals surface area contributed by atoms with E-state index in [-0.39, 0.29) is 5.25 Å². The van der Waals surface area contributed by atoms with Crippen molar-refractivity contribution < 1.29 is 8.95 Å². The summed E-state index contributed by atoms with van der Waals surface area (Å²) in [4.78, 5) is 11.3. The van der Waals surface area contributed by atoms with Gasteiger partial charge in [0.1, 0.15) is 12.1 Å². The first-order valence-corrected chi connectivity index (χ1v) is 10.3. The van der Waals surface area contributed by atoms with E-state index in [1.807, 2.05) is 38.1 Å². The molecule has 0 spiro atoms. The molecule has 8 nitrogen and oxygen atoms in total. The molecule has 0 aliphatic carbocycles. The van der Waals surface area contributed by atoms with Gasteiger partial charge >= 0.3 is 0 Å². The van der Waals surface area contributed by atoms with Gasteiger partial charge in [0.05, 0.1) is 28.2 Å². The molecule has 1 aliphatic heterocycles. The zero-order valence-corrected chi connectivity index (χ0v) is 16.4. The predicted molar refractivity (Wildman–Crippen MR) is 103 cm³/mol. The van der Waals surface area contributed by atoms with Crippen LogP contribution in [-0.2, 0) is 20.9 Å². The lowest BCUT2D eigenvalue weighted by Gasteiger charge is -2.28. The Balaban J connectivity index is 1.68. The molecule has 9 heteroatoms. The smallest absolute Gasteiger partial charge is 0.254 e. The van der Waals surface area contributed by atoms with Gasteiger partial charge in [0.15, 0.2) is 0 Å². The Morgan fingerprint density at radius 2 is 2.00 bits per heavy atom. The van der Waals surface area contributed by atoms with Gasteiger partial charge in [-0.25, -0.2) is 14.0 Å². The van der Waals surface area contributed by atoms with Crippen LogP contribution < -0.4 is 4.90 Å². The number of aromatic nitrogens is 4. The molecule has 142 valence electrons. The minimum atomic E-state index is -2.81. The molecule has 1 aliphatic rings. The molecular weight excluding hydrogens is 364 g/mol. The van der Waals surface area contributed by atoms with Gasteiger partial charge in [0.2, 0.25) is 0 Å². The summed E-state index contributed by atoms with van der Waals surface area (Å²) in [5, 5.41) is 4.09. The number of nitrogens with one attached hydrogen (secondary N) is 1. The lowest BCUT2D eigenvalue weighted by atomic mass is 10.0. The number of aryl methyl sites for hydroxylation is 1. The van der Waals surface area contributed by atoms with Crippen LogP contribution in [0, 0.1) is 11.7 Å². The van der Waals surface area contributed by atoms with Gasteiger partial charge < -0.3 is 9.64 Å². The van der Waals surface area contributed by atoms with E-state index in [9.17, 15) is 4.21 Å². The minimum absolute atomic E-state index is 0.204. The van der Waals surface area contributed by atoms with Gasteiger partial charge in [-0.15, -0.1) is 0 Å². The fraction of sp³-hybridized carbons (Fsp3) is 0.389. The lowest BCUT2D eigenvalue weighted by Crippen LogP contribution is -2.40. The SMILES string of the molecule is Cc1nc2ncnn2c(N(C)C)c1Cc1ccc(S(=N)(=O)C2COC2)cc1. The maximum Gasteiger partial charge on any atom is 0.254 e. The first kappa shape index (κ1) is 17.9.